The van der Waals surface area contributed by atoms with Gasteiger partial charge >= 0.3 is 12.1 Å². The van der Waals surface area contributed by atoms with Crippen LogP contribution in [0.1, 0.15) is 141 Å². The number of allylic oxidation sites excluding steroid dienone is 1. The molecule has 5 aliphatic carbocycles. The third-order valence-electron chi connectivity index (χ3n) is 16.3. The Balaban J connectivity index is 1.24. The Labute approximate surface area is 360 Å². The van der Waals surface area contributed by atoms with E-state index in [-0.39, 0.29) is 73.8 Å². The van der Waals surface area contributed by atoms with Crippen LogP contribution in [-0.4, -0.2) is 119 Å². The number of ether oxygens (including phenoxy) is 4. The molecule has 13 nitrogen and oxygen atoms in total. The normalized spacial score (nSPS) is 39.1. The van der Waals surface area contributed by atoms with Crippen LogP contribution < -0.4 is 10.6 Å². The summed E-state index contributed by atoms with van der Waals surface area (Å²) in [6.07, 6.45) is 19.8. The van der Waals surface area contributed by atoms with Crippen LogP contribution in [0.4, 0.5) is 4.79 Å². The molecule has 4 saturated carbocycles. The third-order valence-corrected chi connectivity index (χ3v) is 17.8. The molecule has 60 heavy (non-hydrogen) atoms. The number of hydrogen-bond donors (Lipinski definition) is 3. The fraction of sp³-hybridized carbons (Fsp3) is 0.870. The number of fused-ring (bicyclic) bond motifs is 3. The van der Waals surface area contributed by atoms with Crippen molar-refractivity contribution in [2.24, 2.45) is 29.1 Å². The predicted octanol–water partition coefficient (Wildman–Crippen LogP) is 6.16. The zero-order valence-corrected chi connectivity index (χ0v) is 36.6. The molecule has 0 aromatic carbocycles. The van der Waals surface area contributed by atoms with Crippen LogP contribution in [0.5, 0.6) is 0 Å². The first-order valence-electron chi connectivity index (χ1n) is 24.0. The van der Waals surface area contributed by atoms with Crippen LogP contribution in [0.3, 0.4) is 0 Å². The lowest BCUT2D eigenvalue weighted by Crippen LogP contribution is -2.66. The predicted molar refractivity (Wildman–Crippen MR) is 225 cm³/mol. The number of hydrogen-bond acceptors (Lipinski definition) is 12. The summed E-state index contributed by atoms with van der Waals surface area (Å²) in [4.78, 5) is 65.6. The summed E-state index contributed by atoms with van der Waals surface area (Å²) in [5.74, 6) is -2.11. The van der Waals surface area contributed by atoms with Crippen molar-refractivity contribution in [2.75, 3.05) is 33.5 Å². The molecule has 14 heteroatoms. The van der Waals surface area contributed by atoms with Gasteiger partial charge in [0.1, 0.15) is 29.7 Å². The molecule has 9 rings (SSSR count). The molecular formula is C46H70N4O9S. The Morgan fingerprint density at radius 2 is 1.55 bits per heavy atom. The van der Waals surface area contributed by atoms with E-state index in [0.29, 0.717) is 29.8 Å². The van der Waals surface area contributed by atoms with Gasteiger partial charge in [-0.1, -0.05) is 64.2 Å². The first-order valence-corrected chi connectivity index (χ1v) is 25.0. The fourth-order valence-corrected chi connectivity index (χ4v) is 15.5. The minimum atomic E-state index is -1.53. The van der Waals surface area contributed by atoms with Crippen molar-refractivity contribution in [3.63, 3.8) is 0 Å². The van der Waals surface area contributed by atoms with Gasteiger partial charge in [0.25, 0.3) is 0 Å². The maximum Gasteiger partial charge on any atom is 0.421 e. The SMILES string of the molecule is COCCOC(=O)N1C(=O)[C@@]2(C3=C1CCCC3)[C@H](C1CCCCC1OCCO)N1[C@H](C3CCCCC3)[C@H](C3CCCCC3)OC(=O)[C@H]1[C@@H]2C(=O)NC1NC2CCCCC2S1. The number of amides is 3. The van der Waals surface area contributed by atoms with Crippen LogP contribution in [0, 0.1) is 29.1 Å². The molecule has 0 radical (unpaired) electrons. The minimum absolute atomic E-state index is 0.0113. The molecule has 4 heterocycles. The number of rotatable bonds is 11. The first-order chi connectivity index (χ1) is 29.4. The quantitative estimate of drug-likeness (QED) is 0.161. The molecule has 1 spiro atoms. The lowest BCUT2D eigenvalue weighted by molar-refractivity contribution is -0.192. The van der Waals surface area contributed by atoms with E-state index in [1.165, 1.54) is 24.2 Å². The number of imide groups is 1. The lowest BCUT2D eigenvalue weighted by Gasteiger charge is -2.54. The van der Waals surface area contributed by atoms with E-state index in [9.17, 15) is 9.90 Å². The van der Waals surface area contributed by atoms with Gasteiger partial charge < -0.3 is 29.4 Å². The largest absolute Gasteiger partial charge is 0.459 e. The van der Waals surface area contributed by atoms with Crippen molar-refractivity contribution < 1.29 is 43.2 Å². The second kappa shape index (κ2) is 18.9. The molecular weight excluding hydrogens is 785 g/mol. The fourth-order valence-electron chi connectivity index (χ4n) is 14.0. The van der Waals surface area contributed by atoms with Crippen molar-refractivity contribution >= 4 is 35.6 Å². The average Bonchev–Trinajstić information content (AvgIpc) is 3.92. The van der Waals surface area contributed by atoms with Gasteiger partial charge in [0, 0.05) is 36.1 Å². The number of thioether (sulfide) groups is 1. The highest BCUT2D eigenvalue weighted by Crippen LogP contribution is 2.65. The van der Waals surface area contributed by atoms with Crippen molar-refractivity contribution in [2.45, 2.75) is 188 Å². The lowest BCUT2D eigenvalue weighted by atomic mass is 9.59. The van der Waals surface area contributed by atoms with Crippen molar-refractivity contribution in [3.05, 3.63) is 11.3 Å². The van der Waals surface area contributed by atoms with E-state index >= 15 is 14.4 Å². The van der Waals surface area contributed by atoms with E-state index in [1.807, 2.05) is 0 Å². The number of nitrogens with zero attached hydrogens (tertiary/aromatic N) is 2. The van der Waals surface area contributed by atoms with Gasteiger partial charge in [-0.2, -0.15) is 0 Å². The Kier molecular flexibility index (Phi) is 13.5. The summed E-state index contributed by atoms with van der Waals surface area (Å²) in [5.41, 5.74) is -0.415. The van der Waals surface area contributed by atoms with Crippen LogP contribution in [-0.2, 0) is 33.3 Å². The van der Waals surface area contributed by atoms with Crippen molar-refractivity contribution in [1.29, 1.82) is 0 Å². The van der Waals surface area contributed by atoms with Gasteiger partial charge in [0.05, 0.1) is 37.9 Å². The highest BCUT2D eigenvalue weighted by Gasteiger charge is 2.77. The van der Waals surface area contributed by atoms with E-state index < -0.39 is 41.4 Å². The summed E-state index contributed by atoms with van der Waals surface area (Å²) >= 11 is 1.75. The Morgan fingerprint density at radius 1 is 0.850 bits per heavy atom. The summed E-state index contributed by atoms with van der Waals surface area (Å²) in [6, 6.07) is -1.50. The van der Waals surface area contributed by atoms with E-state index in [0.717, 1.165) is 115 Å². The summed E-state index contributed by atoms with van der Waals surface area (Å²) in [7, 11) is 1.54. The number of esters is 1. The maximum absolute atomic E-state index is 16.3. The smallest absolute Gasteiger partial charge is 0.421 e. The van der Waals surface area contributed by atoms with Crippen LogP contribution >= 0.6 is 11.8 Å². The van der Waals surface area contributed by atoms with Gasteiger partial charge in [-0.25, -0.2) is 9.69 Å². The molecule has 4 aliphatic heterocycles. The number of aliphatic hydroxyl groups is 1. The second-order valence-corrected chi connectivity index (χ2v) is 20.8. The van der Waals surface area contributed by atoms with E-state index in [1.54, 1.807) is 18.9 Å². The number of methoxy groups -OCH3 is 1. The average molecular weight is 855 g/mol. The molecule has 11 atom stereocenters. The molecule has 0 aromatic heterocycles. The summed E-state index contributed by atoms with van der Waals surface area (Å²) in [6.45, 7) is 0.217. The van der Waals surface area contributed by atoms with Crippen molar-refractivity contribution in [3.8, 4) is 0 Å². The van der Waals surface area contributed by atoms with Crippen LogP contribution in [0.15, 0.2) is 11.3 Å². The van der Waals surface area contributed by atoms with Gasteiger partial charge in [0.15, 0.2) is 0 Å². The number of aliphatic hydroxyl groups excluding tert-OH is 1. The summed E-state index contributed by atoms with van der Waals surface area (Å²) < 4.78 is 24.5. The second-order valence-electron chi connectivity index (χ2n) is 19.5. The Hall–Kier alpha value is -2.23. The topological polar surface area (TPSA) is 156 Å². The molecule has 3 saturated heterocycles. The number of carbonyl (C=O) groups excluding carboxylic acids is 4. The summed E-state index contributed by atoms with van der Waals surface area (Å²) in [5, 5.41) is 17.6. The van der Waals surface area contributed by atoms with E-state index in [4.69, 9.17) is 18.9 Å². The van der Waals surface area contributed by atoms with Gasteiger partial charge in [-0.15, -0.1) is 11.8 Å². The van der Waals surface area contributed by atoms with Crippen molar-refractivity contribution in [1.82, 2.24) is 20.4 Å². The number of nitrogens with one attached hydrogen (secondary N) is 2. The molecule has 7 fully saturated rings. The highest BCUT2D eigenvalue weighted by atomic mass is 32.2. The molecule has 3 N–H and O–H groups in total. The van der Waals surface area contributed by atoms with Crippen LogP contribution in [0.25, 0.3) is 0 Å². The van der Waals surface area contributed by atoms with Gasteiger partial charge in [-0.3, -0.25) is 24.6 Å². The third kappa shape index (κ3) is 7.66. The minimum Gasteiger partial charge on any atom is -0.459 e. The van der Waals surface area contributed by atoms with Crippen LogP contribution in [0.2, 0.25) is 0 Å². The Morgan fingerprint density at radius 3 is 2.30 bits per heavy atom. The standard InChI is InChI=1S/C46H70N4O9S/c1-56-26-27-58-45(55)49-33-21-11-9-19-31(33)46(43(49)54)36(41(52)48-44-47-32-20-10-13-23-35(32)60-44)38-42(53)59-39(29-16-6-3-7-17-29)37(28-14-4-2-5-15-28)50(38)40(46)30-18-8-12-22-34(30)57-25-24-51/h28-30,32,34-40,44,47,51H,2-27H2,1H3,(H,48,52)/t30?,32?,34?,35?,36-,37-,38-,39+,40+,44?,46-/m1/s1. The van der Waals surface area contributed by atoms with E-state index in [2.05, 4.69) is 15.5 Å². The monoisotopic (exact) mass is 854 g/mol. The van der Waals surface area contributed by atoms with Gasteiger partial charge in [0.2, 0.25) is 11.8 Å². The number of carbonyl (C=O) groups is 4. The molecule has 3 amide bonds. The zero-order valence-electron chi connectivity index (χ0n) is 35.8. The highest BCUT2D eigenvalue weighted by molar-refractivity contribution is 8.00. The molecule has 0 bridgehead atoms. The molecule has 334 valence electrons. The maximum atomic E-state index is 16.3. The Bertz CT molecular complexity index is 1600. The first kappa shape index (κ1) is 43.0. The van der Waals surface area contributed by atoms with Gasteiger partial charge in [-0.05, 0) is 94.5 Å². The molecule has 0 aromatic rings. The molecule has 9 aliphatic rings. The number of morpholine rings is 1. The molecule has 5 unspecified atom stereocenters. The zero-order chi connectivity index (χ0) is 41.4. The number of cyclic esters (lactones) is 1.